The average molecular weight is 216 g/mol. The maximum Gasteiger partial charge on any atom is 0.316 e. The Morgan fingerprint density at radius 3 is 2.13 bits per heavy atom. The van der Waals surface area contributed by atoms with Crippen molar-refractivity contribution >= 4 is 17.7 Å². The van der Waals surface area contributed by atoms with Crippen molar-refractivity contribution in [3.05, 3.63) is 0 Å². The van der Waals surface area contributed by atoms with Gasteiger partial charge in [0.2, 0.25) is 0 Å². The lowest BCUT2D eigenvalue weighted by Crippen LogP contribution is -2.26. The Labute approximate surface area is 88.7 Å². The Hall–Kier alpha value is -1.39. The quantitative estimate of drug-likeness (QED) is 0.483. The molecule has 86 valence electrons. The fraction of sp³-hybridized carbons (Fsp3) is 0.700. The van der Waals surface area contributed by atoms with E-state index in [4.69, 9.17) is 4.74 Å². The van der Waals surface area contributed by atoms with Gasteiger partial charge < -0.3 is 9.47 Å². The van der Waals surface area contributed by atoms with Gasteiger partial charge >= 0.3 is 11.9 Å². The molecule has 5 heteroatoms. The Bertz CT molecular complexity index is 246. The summed E-state index contributed by atoms with van der Waals surface area (Å²) >= 11 is 0. The van der Waals surface area contributed by atoms with E-state index in [1.807, 2.05) is 0 Å². The minimum absolute atomic E-state index is 0.0540. The first-order valence-corrected chi connectivity index (χ1v) is 4.79. The SMILES string of the molecule is CCOC(=O)C(CCOC(C)=O)C(C)=O. The van der Waals surface area contributed by atoms with Crippen molar-refractivity contribution in [3.63, 3.8) is 0 Å². The molecule has 0 saturated carbocycles. The standard InChI is InChI=1S/C10H16O5/c1-4-14-10(13)9(7(2)11)5-6-15-8(3)12/h9H,4-6H2,1-3H3. The van der Waals surface area contributed by atoms with Crippen LogP contribution in [-0.2, 0) is 23.9 Å². The van der Waals surface area contributed by atoms with Crippen molar-refractivity contribution in [2.45, 2.75) is 27.2 Å². The third-order valence-corrected chi connectivity index (χ3v) is 1.77. The number of ketones is 1. The molecule has 1 unspecified atom stereocenters. The molecule has 1 atom stereocenters. The summed E-state index contributed by atoms with van der Waals surface area (Å²) in [5.74, 6) is -2.09. The van der Waals surface area contributed by atoms with Gasteiger partial charge in [-0.15, -0.1) is 0 Å². The summed E-state index contributed by atoms with van der Waals surface area (Å²) in [7, 11) is 0. The van der Waals surface area contributed by atoms with Crippen LogP contribution in [0.5, 0.6) is 0 Å². The predicted octanol–water partition coefficient (Wildman–Crippen LogP) is 0.708. The third kappa shape index (κ3) is 5.83. The van der Waals surface area contributed by atoms with Gasteiger partial charge in [-0.2, -0.15) is 0 Å². The number of Topliss-reactive ketones (excluding diaryl/α,β-unsaturated/α-hetero) is 1. The molecular formula is C10H16O5. The molecule has 0 aromatic carbocycles. The molecule has 0 aliphatic rings. The van der Waals surface area contributed by atoms with Crippen LogP contribution in [0.15, 0.2) is 0 Å². The number of ether oxygens (including phenoxy) is 2. The highest BCUT2D eigenvalue weighted by Gasteiger charge is 2.24. The molecule has 0 rings (SSSR count). The second-order valence-electron chi connectivity index (χ2n) is 3.04. The highest BCUT2D eigenvalue weighted by atomic mass is 16.5. The first-order chi connectivity index (χ1) is 6.99. The topological polar surface area (TPSA) is 69.7 Å². The zero-order chi connectivity index (χ0) is 11.8. The first kappa shape index (κ1) is 13.6. The maximum absolute atomic E-state index is 11.3. The molecule has 15 heavy (non-hydrogen) atoms. The van der Waals surface area contributed by atoms with E-state index in [0.717, 1.165) is 0 Å². The summed E-state index contributed by atoms with van der Waals surface area (Å²) in [6, 6.07) is 0. The van der Waals surface area contributed by atoms with Crippen molar-refractivity contribution in [2.24, 2.45) is 5.92 Å². The number of rotatable bonds is 6. The van der Waals surface area contributed by atoms with Crippen LogP contribution < -0.4 is 0 Å². The Kier molecular flexibility index (Phi) is 6.33. The molecule has 0 heterocycles. The highest BCUT2D eigenvalue weighted by molar-refractivity contribution is 5.97. The predicted molar refractivity (Wildman–Crippen MR) is 52.1 cm³/mol. The minimum Gasteiger partial charge on any atom is -0.466 e. The van der Waals surface area contributed by atoms with Crippen LogP contribution in [-0.4, -0.2) is 30.9 Å². The van der Waals surface area contributed by atoms with Gasteiger partial charge in [0.25, 0.3) is 0 Å². The summed E-state index contributed by atoms with van der Waals surface area (Å²) in [5, 5.41) is 0. The van der Waals surface area contributed by atoms with Gasteiger partial charge in [0.15, 0.2) is 0 Å². The lowest BCUT2D eigenvalue weighted by atomic mass is 10.0. The molecule has 0 bridgehead atoms. The van der Waals surface area contributed by atoms with Gasteiger partial charge in [-0.05, 0) is 13.8 Å². The number of hydrogen-bond donors (Lipinski definition) is 0. The molecule has 0 aliphatic carbocycles. The third-order valence-electron chi connectivity index (χ3n) is 1.77. The van der Waals surface area contributed by atoms with Gasteiger partial charge in [-0.1, -0.05) is 0 Å². The second-order valence-corrected chi connectivity index (χ2v) is 3.04. The monoisotopic (exact) mass is 216 g/mol. The van der Waals surface area contributed by atoms with Crippen LogP contribution >= 0.6 is 0 Å². The maximum atomic E-state index is 11.3. The van der Waals surface area contributed by atoms with Gasteiger partial charge in [-0.3, -0.25) is 14.4 Å². The summed E-state index contributed by atoms with van der Waals surface area (Å²) in [4.78, 5) is 32.8. The molecule has 0 N–H and O–H groups in total. The Morgan fingerprint density at radius 2 is 1.73 bits per heavy atom. The van der Waals surface area contributed by atoms with E-state index in [2.05, 4.69) is 4.74 Å². The van der Waals surface area contributed by atoms with E-state index in [1.54, 1.807) is 6.92 Å². The summed E-state index contributed by atoms with van der Waals surface area (Å²) in [6.45, 7) is 4.54. The zero-order valence-electron chi connectivity index (χ0n) is 9.24. The summed E-state index contributed by atoms with van der Waals surface area (Å²) in [6.07, 6.45) is 0.174. The molecular weight excluding hydrogens is 200 g/mol. The number of hydrogen-bond acceptors (Lipinski definition) is 5. The summed E-state index contributed by atoms with van der Waals surface area (Å²) in [5.41, 5.74) is 0. The van der Waals surface area contributed by atoms with Crippen molar-refractivity contribution in [1.29, 1.82) is 0 Å². The molecule has 0 aromatic heterocycles. The van der Waals surface area contributed by atoms with E-state index < -0.39 is 17.9 Å². The van der Waals surface area contributed by atoms with E-state index in [9.17, 15) is 14.4 Å². The van der Waals surface area contributed by atoms with Crippen LogP contribution in [0.3, 0.4) is 0 Å². The van der Waals surface area contributed by atoms with Crippen LogP contribution in [0.2, 0.25) is 0 Å². The van der Waals surface area contributed by atoms with Gasteiger partial charge in [0, 0.05) is 13.3 Å². The summed E-state index contributed by atoms with van der Waals surface area (Å²) < 4.78 is 9.37. The van der Waals surface area contributed by atoms with Crippen LogP contribution in [0, 0.1) is 5.92 Å². The molecule has 0 aromatic rings. The van der Waals surface area contributed by atoms with Crippen molar-refractivity contribution in [2.75, 3.05) is 13.2 Å². The minimum atomic E-state index is -0.829. The fourth-order valence-electron chi connectivity index (χ4n) is 1.05. The second kappa shape index (κ2) is 6.98. The van der Waals surface area contributed by atoms with Crippen molar-refractivity contribution in [3.8, 4) is 0 Å². The van der Waals surface area contributed by atoms with Gasteiger partial charge in [0.1, 0.15) is 11.7 Å². The average Bonchev–Trinajstić information content (AvgIpc) is 2.11. The Balaban J connectivity index is 4.10. The zero-order valence-corrected chi connectivity index (χ0v) is 9.24. The van der Waals surface area contributed by atoms with E-state index in [0.29, 0.717) is 0 Å². The molecule has 0 fully saturated rings. The molecule has 0 aliphatic heterocycles. The first-order valence-electron chi connectivity index (χ1n) is 4.79. The van der Waals surface area contributed by atoms with E-state index in [1.165, 1.54) is 13.8 Å². The normalized spacial score (nSPS) is 11.7. The molecule has 0 amide bonds. The van der Waals surface area contributed by atoms with Gasteiger partial charge in [0.05, 0.1) is 13.2 Å². The number of carbonyl (C=O) groups excluding carboxylic acids is 3. The van der Waals surface area contributed by atoms with E-state index >= 15 is 0 Å². The number of carbonyl (C=O) groups is 3. The fourth-order valence-corrected chi connectivity index (χ4v) is 1.05. The lowest BCUT2D eigenvalue weighted by molar-refractivity contribution is -0.153. The van der Waals surface area contributed by atoms with Crippen LogP contribution in [0.4, 0.5) is 0 Å². The van der Waals surface area contributed by atoms with Gasteiger partial charge in [-0.25, -0.2) is 0 Å². The largest absolute Gasteiger partial charge is 0.466 e. The molecule has 0 radical (unpaired) electrons. The van der Waals surface area contributed by atoms with Crippen molar-refractivity contribution in [1.82, 2.24) is 0 Å². The lowest BCUT2D eigenvalue weighted by Gasteiger charge is -2.11. The van der Waals surface area contributed by atoms with Crippen molar-refractivity contribution < 1.29 is 23.9 Å². The number of esters is 2. The highest BCUT2D eigenvalue weighted by Crippen LogP contribution is 2.07. The smallest absolute Gasteiger partial charge is 0.316 e. The molecule has 0 saturated heterocycles. The Morgan fingerprint density at radius 1 is 1.13 bits per heavy atom. The van der Waals surface area contributed by atoms with Crippen LogP contribution in [0.25, 0.3) is 0 Å². The van der Waals surface area contributed by atoms with E-state index in [-0.39, 0.29) is 25.4 Å². The molecule has 0 spiro atoms. The van der Waals surface area contributed by atoms with Crippen LogP contribution in [0.1, 0.15) is 27.2 Å². The molecule has 5 nitrogen and oxygen atoms in total.